The zero-order valence-electron chi connectivity index (χ0n) is 19.2. The van der Waals surface area contributed by atoms with Crippen LogP contribution in [0.2, 0.25) is 0 Å². The lowest BCUT2D eigenvalue weighted by molar-refractivity contribution is -0.157. The first kappa shape index (κ1) is 20.3. The van der Waals surface area contributed by atoms with E-state index in [0.717, 1.165) is 36.8 Å². The second-order valence-electron chi connectivity index (χ2n) is 11.2. The maximum atomic E-state index is 12.2. The smallest absolute Gasteiger partial charge is 0.302 e. The summed E-state index contributed by atoms with van der Waals surface area (Å²) in [5, 5.41) is 4.61. The Morgan fingerprint density at radius 1 is 1.07 bits per heavy atom. The minimum atomic E-state index is -0.135. The van der Waals surface area contributed by atoms with E-state index < -0.39 is 0 Å². The zero-order chi connectivity index (χ0) is 21.4. The number of aromatic nitrogens is 2. The number of carbonyl (C=O) groups is 2. The molecule has 0 unspecified atom stereocenters. The van der Waals surface area contributed by atoms with Crippen LogP contribution < -0.4 is 0 Å². The van der Waals surface area contributed by atoms with Crippen molar-refractivity contribution in [3.05, 3.63) is 17.0 Å². The van der Waals surface area contributed by atoms with Crippen LogP contribution in [-0.4, -0.2) is 27.8 Å². The average molecular weight is 413 g/mol. The molecule has 5 rings (SSSR count). The molecule has 1 aromatic rings. The Kier molecular flexibility index (Phi) is 4.51. The Morgan fingerprint density at radius 3 is 2.53 bits per heavy atom. The normalized spacial score (nSPS) is 42.0. The summed E-state index contributed by atoms with van der Waals surface area (Å²) in [6.07, 6.45) is 9.34. The Labute approximate surface area is 179 Å². The molecule has 0 bridgehead atoms. The predicted molar refractivity (Wildman–Crippen MR) is 114 cm³/mol. The van der Waals surface area contributed by atoms with Gasteiger partial charge in [-0.05, 0) is 92.8 Å². The molecule has 0 N–H and O–H groups in total. The highest BCUT2D eigenvalue weighted by molar-refractivity contribution is 5.77. The van der Waals surface area contributed by atoms with Crippen LogP contribution in [0.25, 0.3) is 0 Å². The number of fused-ring (bicyclic) bond motifs is 7. The Balaban J connectivity index is 1.43. The molecule has 164 valence electrons. The van der Waals surface area contributed by atoms with Crippen LogP contribution in [-0.2, 0) is 21.4 Å². The van der Waals surface area contributed by atoms with E-state index in [2.05, 4.69) is 25.9 Å². The number of nitrogens with zero attached hydrogens (tertiary/aromatic N) is 2. The van der Waals surface area contributed by atoms with Gasteiger partial charge in [-0.15, -0.1) is 0 Å². The first-order valence-electron chi connectivity index (χ1n) is 11.9. The first-order chi connectivity index (χ1) is 14.1. The van der Waals surface area contributed by atoms with E-state index in [-0.39, 0.29) is 23.4 Å². The molecule has 3 fully saturated rings. The van der Waals surface area contributed by atoms with Gasteiger partial charge in [-0.2, -0.15) is 5.10 Å². The van der Waals surface area contributed by atoms with Gasteiger partial charge in [0, 0.05) is 19.4 Å². The molecule has 4 aliphatic rings. The third-order valence-electron chi connectivity index (χ3n) is 9.78. The highest BCUT2D eigenvalue weighted by Gasteiger charge is 2.60. The standard InChI is InChI=1S/C25H36N2O3/c1-14-23-22(27(26-14)15(2)28)13-21-19-7-6-17-12-18(30-16(3)29)8-10-24(17,4)20(19)9-11-25(21,23)5/h17-21H,6-13H2,1-5H3/t17-,18+,19+,20-,21+,24-,25-/m0/s1. The van der Waals surface area contributed by atoms with Crippen LogP contribution >= 0.6 is 0 Å². The van der Waals surface area contributed by atoms with Crippen LogP contribution in [0.1, 0.15) is 94.4 Å². The molecular weight excluding hydrogens is 376 g/mol. The molecule has 0 amide bonds. The minimum absolute atomic E-state index is 0.0395. The van der Waals surface area contributed by atoms with Gasteiger partial charge in [0.2, 0.25) is 5.91 Å². The van der Waals surface area contributed by atoms with E-state index in [4.69, 9.17) is 4.74 Å². The van der Waals surface area contributed by atoms with E-state index in [1.54, 1.807) is 11.6 Å². The lowest BCUT2D eigenvalue weighted by atomic mass is 9.45. The van der Waals surface area contributed by atoms with Crippen LogP contribution in [0, 0.1) is 36.0 Å². The molecule has 3 saturated carbocycles. The third-order valence-corrected chi connectivity index (χ3v) is 9.78. The Bertz CT molecular complexity index is 904. The Morgan fingerprint density at radius 2 is 1.83 bits per heavy atom. The van der Waals surface area contributed by atoms with Gasteiger partial charge in [0.25, 0.3) is 0 Å². The SMILES string of the molecule is CC(=O)O[C@@H]1CC[C@@]2(C)[C@@H](CC[C@H]3[C@H]4Cc5c(c(C)nn5C(C)=O)[C@@]4(C)CC[C@@H]32)C1. The maximum Gasteiger partial charge on any atom is 0.302 e. The summed E-state index contributed by atoms with van der Waals surface area (Å²) in [5.41, 5.74) is 4.15. The topological polar surface area (TPSA) is 61.2 Å². The van der Waals surface area contributed by atoms with Gasteiger partial charge in [0.1, 0.15) is 6.10 Å². The minimum Gasteiger partial charge on any atom is -0.463 e. The summed E-state index contributed by atoms with van der Waals surface area (Å²) in [7, 11) is 0. The van der Waals surface area contributed by atoms with Crippen LogP contribution in [0.15, 0.2) is 0 Å². The molecule has 0 radical (unpaired) electrons. The number of hydrogen-bond donors (Lipinski definition) is 0. The van der Waals surface area contributed by atoms with E-state index in [1.165, 1.54) is 50.3 Å². The van der Waals surface area contributed by atoms with Gasteiger partial charge >= 0.3 is 5.97 Å². The molecule has 0 saturated heterocycles. The number of hydrogen-bond acceptors (Lipinski definition) is 4. The number of ether oxygens (including phenoxy) is 1. The number of esters is 1. The Hall–Kier alpha value is -1.65. The quantitative estimate of drug-likeness (QED) is 0.619. The monoisotopic (exact) mass is 412 g/mol. The molecule has 5 heteroatoms. The van der Waals surface area contributed by atoms with Gasteiger partial charge in [0.05, 0.1) is 11.4 Å². The average Bonchev–Trinajstić information content (AvgIpc) is 3.16. The number of aryl methyl sites for hydroxylation is 1. The largest absolute Gasteiger partial charge is 0.463 e. The molecule has 30 heavy (non-hydrogen) atoms. The van der Waals surface area contributed by atoms with Crippen LogP contribution in [0.5, 0.6) is 0 Å². The molecule has 0 aliphatic heterocycles. The lowest BCUT2D eigenvalue weighted by Crippen LogP contribution is -2.54. The molecular formula is C25H36N2O3. The second-order valence-corrected chi connectivity index (χ2v) is 11.2. The fraction of sp³-hybridized carbons (Fsp3) is 0.800. The summed E-state index contributed by atoms with van der Waals surface area (Å²) >= 11 is 0. The van der Waals surface area contributed by atoms with Gasteiger partial charge in [-0.25, -0.2) is 4.68 Å². The highest BCUT2D eigenvalue weighted by Crippen LogP contribution is 2.66. The fourth-order valence-electron chi connectivity index (χ4n) is 8.54. The van der Waals surface area contributed by atoms with Crippen molar-refractivity contribution in [2.75, 3.05) is 0 Å². The van der Waals surface area contributed by atoms with E-state index in [1.807, 2.05) is 0 Å². The summed E-state index contributed by atoms with van der Waals surface area (Å²) < 4.78 is 7.30. The van der Waals surface area contributed by atoms with Crippen molar-refractivity contribution in [3.8, 4) is 0 Å². The summed E-state index contributed by atoms with van der Waals surface area (Å²) in [6.45, 7) is 10.2. The van der Waals surface area contributed by atoms with Crippen molar-refractivity contribution in [1.29, 1.82) is 0 Å². The molecule has 4 aliphatic carbocycles. The zero-order valence-corrected chi connectivity index (χ0v) is 19.2. The molecule has 7 atom stereocenters. The number of rotatable bonds is 1. The van der Waals surface area contributed by atoms with E-state index in [0.29, 0.717) is 17.3 Å². The molecule has 0 aromatic carbocycles. The van der Waals surface area contributed by atoms with Gasteiger partial charge in [0.15, 0.2) is 0 Å². The van der Waals surface area contributed by atoms with Crippen molar-refractivity contribution >= 4 is 11.9 Å². The molecule has 1 aromatic heterocycles. The lowest BCUT2D eigenvalue weighted by Gasteiger charge is -2.60. The van der Waals surface area contributed by atoms with Gasteiger partial charge in [-0.3, -0.25) is 9.59 Å². The fourth-order valence-corrected chi connectivity index (χ4v) is 8.54. The summed E-state index contributed by atoms with van der Waals surface area (Å²) in [6, 6.07) is 0. The number of carbonyl (C=O) groups excluding carboxylic acids is 2. The molecule has 5 nitrogen and oxygen atoms in total. The molecule has 1 heterocycles. The van der Waals surface area contributed by atoms with Crippen molar-refractivity contribution in [1.82, 2.24) is 9.78 Å². The summed E-state index contributed by atoms with van der Waals surface area (Å²) in [5.74, 6) is 2.66. The van der Waals surface area contributed by atoms with Crippen LogP contribution in [0.4, 0.5) is 0 Å². The molecule has 0 spiro atoms. The van der Waals surface area contributed by atoms with Crippen molar-refractivity contribution < 1.29 is 14.3 Å². The first-order valence-corrected chi connectivity index (χ1v) is 11.9. The van der Waals surface area contributed by atoms with E-state index in [9.17, 15) is 9.59 Å². The third kappa shape index (κ3) is 2.69. The highest BCUT2D eigenvalue weighted by atomic mass is 16.5. The van der Waals surface area contributed by atoms with Crippen molar-refractivity contribution in [2.24, 2.45) is 29.1 Å². The predicted octanol–water partition coefficient (Wildman–Crippen LogP) is 4.84. The van der Waals surface area contributed by atoms with Gasteiger partial charge < -0.3 is 4.74 Å². The van der Waals surface area contributed by atoms with Crippen molar-refractivity contribution in [2.45, 2.75) is 97.5 Å². The van der Waals surface area contributed by atoms with Crippen molar-refractivity contribution in [3.63, 3.8) is 0 Å². The van der Waals surface area contributed by atoms with Gasteiger partial charge in [-0.1, -0.05) is 13.8 Å². The summed E-state index contributed by atoms with van der Waals surface area (Å²) in [4.78, 5) is 23.7. The maximum absolute atomic E-state index is 12.2. The second kappa shape index (κ2) is 6.67. The van der Waals surface area contributed by atoms with E-state index >= 15 is 0 Å². The van der Waals surface area contributed by atoms with Crippen LogP contribution in [0.3, 0.4) is 0 Å².